The predicted molar refractivity (Wildman–Crippen MR) is 80.6 cm³/mol. The third-order valence-corrected chi connectivity index (χ3v) is 4.85. The van der Waals surface area contributed by atoms with Crippen molar-refractivity contribution in [3.63, 3.8) is 0 Å². The molecule has 0 N–H and O–H groups in total. The minimum Gasteiger partial charge on any atom is -0.293 e. The van der Waals surface area contributed by atoms with Crippen molar-refractivity contribution in [3.8, 4) is 0 Å². The molecule has 1 aromatic carbocycles. The average molecular weight is 317 g/mol. The summed E-state index contributed by atoms with van der Waals surface area (Å²) in [6.07, 6.45) is 0. The number of thioether (sulfide) groups is 1. The smallest absolute Gasteiger partial charge is 0.175 e. The number of carbonyl (C=O) groups excluding carboxylic acids is 1. The third kappa shape index (κ3) is 3.51. The van der Waals surface area contributed by atoms with Gasteiger partial charge in [-0.2, -0.15) is 0 Å². The van der Waals surface area contributed by atoms with Crippen LogP contribution in [0.4, 0.5) is 0 Å². The number of Topliss-reactive ketones (excluding diaryl/α,β-unsaturated/α-hetero) is 1. The first-order valence-corrected chi connectivity index (χ1v) is 7.79. The quantitative estimate of drug-likeness (QED) is 0.559. The summed E-state index contributed by atoms with van der Waals surface area (Å²) in [4.78, 5) is 13.0. The van der Waals surface area contributed by atoms with Gasteiger partial charge in [0, 0.05) is 10.5 Å². The average Bonchev–Trinajstić information content (AvgIpc) is 2.67. The normalized spacial score (nSPS) is 10.6. The van der Waals surface area contributed by atoms with E-state index in [0.717, 1.165) is 4.90 Å². The monoisotopic (exact) mass is 316 g/mol. The van der Waals surface area contributed by atoms with Gasteiger partial charge in [0.2, 0.25) is 0 Å². The topological polar surface area (TPSA) is 17.1 Å². The first kappa shape index (κ1) is 13.9. The van der Waals surface area contributed by atoms with Crippen molar-refractivity contribution in [2.24, 2.45) is 0 Å². The second-order valence-corrected chi connectivity index (χ2v) is 7.10. The van der Waals surface area contributed by atoms with E-state index in [2.05, 4.69) is 0 Å². The molecule has 0 saturated carbocycles. The summed E-state index contributed by atoms with van der Waals surface area (Å²) in [6.45, 7) is 2.03. The number of benzene rings is 1. The highest BCUT2D eigenvalue weighted by molar-refractivity contribution is 8.00. The zero-order valence-corrected chi connectivity index (χ0v) is 12.7. The van der Waals surface area contributed by atoms with Crippen LogP contribution in [-0.4, -0.2) is 11.5 Å². The van der Waals surface area contributed by atoms with Gasteiger partial charge in [0.25, 0.3) is 0 Å². The lowest BCUT2D eigenvalue weighted by molar-refractivity contribution is 0.102. The molecule has 5 heteroatoms. The van der Waals surface area contributed by atoms with Gasteiger partial charge in [0.05, 0.1) is 10.1 Å². The van der Waals surface area contributed by atoms with Gasteiger partial charge in [-0.05, 0) is 25.1 Å². The number of ketones is 1. The molecule has 0 saturated heterocycles. The Bertz CT molecular complexity index is 561. The van der Waals surface area contributed by atoms with Crippen LogP contribution in [0.3, 0.4) is 0 Å². The molecule has 0 fully saturated rings. The minimum absolute atomic E-state index is 0.00808. The Morgan fingerprint density at radius 1 is 1.28 bits per heavy atom. The van der Waals surface area contributed by atoms with Gasteiger partial charge < -0.3 is 0 Å². The molecular weight excluding hydrogens is 307 g/mol. The summed E-state index contributed by atoms with van der Waals surface area (Å²) in [7, 11) is 0. The summed E-state index contributed by atoms with van der Waals surface area (Å²) >= 11 is 14.5. The predicted octanol–water partition coefficient (Wildman–Crippen LogP) is 5.34. The lowest BCUT2D eigenvalue weighted by Crippen LogP contribution is -2.01. The highest BCUT2D eigenvalue weighted by Crippen LogP contribution is 2.32. The number of carbonyl (C=O) groups is 1. The van der Waals surface area contributed by atoms with E-state index in [-0.39, 0.29) is 5.78 Å². The van der Waals surface area contributed by atoms with Crippen LogP contribution in [0.25, 0.3) is 0 Å². The van der Waals surface area contributed by atoms with Gasteiger partial charge in [-0.15, -0.1) is 23.1 Å². The lowest BCUT2D eigenvalue weighted by Gasteiger charge is -2.01. The summed E-state index contributed by atoms with van der Waals surface area (Å²) in [5.74, 6) is 0.379. The number of halogens is 2. The number of aryl methyl sites for hydroxylation is 1. The van der Waals surface area contributed by atoms with Crippen LogP contribution in [-0.2, 0) is 0 Å². The van der Waals surface area contributed by atoms with E-state index in [9.17, 15) is 4.79 Å². The van der Waals surface area contributed by atoms with Crippen molar-refractivity contribution in [1.82, 2.24) is 0 Å². The van der Waals surface area contributed by atoms with Gasteiger partial charge in [-0.25, -0.2) is 0 Å². The Morgan fingerprint density at radius 3 is 2.50 bits per heavy atom. The first-order chi connectivity index (χ1) is 8.56. The maximum Gasteiger partial charge on any atom is 0.175 e. The fraction of sp³-hybridized carbons (Fsp3) is 0.154. The van der Waals surface area contributed by atoms with Gasteiger partial charge in [-0.1, -0.05) is 40.9 Å². The molecule has 94 valence electrons. The van der Waals surface area contributed by atoms with Crippen LogP contribution in [0.5, 0.6) is 0 Å². The molecule has 0 atom stereocenters. The van der Waals surface area contributed by atoms with Crippen molar-refractivity contribution >= 4 is 52.1 Å². The molecule has 2 rings (SSSR count). The summed E-state index contributed by atoms with van der Waals surface area (Å²) in [5.41, 5.74) is 1.73. The molecule has 0 aliphatic heterocycles. The van der Waals surface area contributed by atoms with E-state index in [0.29, 0.717) is 20.0 Å². The Hall–Kier alpha value is -0.480. The molecule has 2 aromatic rings. The van der Waals surface area contributed by atoms with Crippen LogP contribution in [0.15, 0.2) is 35.2 Å². The van der Waals surface area contributed by atoms with E-state index < -0.39 is 0 Å². The van der Waals surface area contributed by atoms with Crippen molar-refractivity contribution < 1.29 is 4.79 Å². The molecule has 0 bridgehead atoms. The second kappa shape index (κ2) is 6.11. The van der Waals surface area contributed by atoms with Crippen LogP contribution < -0.4 is 0 Å². The second-order valence-electron chi connectivity index (χ2n) is 3.76. The largest absolute Gasteiger partial charge is 0.293 e. The minimum atomic E-state index is 0.00808. The molecule has 0 aliphatic rings. The Labute approximate surface area is 124 Å². The highest BCUT2D eigenvalue weighted by atomic mass is 35.5. The molecule has 1 nitrogen and oxygen atoms in total. The Kier molecular flexibility index (Phi) is 4.73. The molecule has 1 heterocycles. The van der Waals surface area contributed by atoms with Crippen LogP contribution in [0.1, 0.15) is 15.9 Å². The molecule has 0 unspecified atom stereocenters. The molecule has 0 amide bonds. The number of hydrogen-bond donors (Lipinski definition) is 0. The highest BCUT2D eigenvalue weighted by Gasteiger charge is 2.14. The standard InChI is InChI=1S/C13H10Cl2OS2/c1-8-2-4-9(5-3-8)17-7-11(16)10-6-12(14)18-13(10)15/h2-6H,7H2,1H3. The molecular formula is C13H10Cl2OS2. The van der Waals surface area contributed by atoms with Crippen molar-refractivity contribution in [2.45, 2.75) is 11.8 Å². The maximum atomic E-state index is 12.0. The van der Waals surface area contributed by atoms with Crippen LogP contribution in [0.2, 0.25) is 8.67 Å². The summed E-state index contributed by atoms with van der Waals surface area (Å²) < 4.78 is 1.01. The van der Waals surface area contributed by atoms with Gasteiger partial charge in [-0.3, -0.25) is 4.79 Å². The van der Waals surface area contributed by atoms with Gasteiger partial charge >= 0.3 is 0 Å². The van der Waals surface area contributed by atoms with E-state index in [1.54, 1.807) is 6.07 Å². The zero-order valence-electron chi connectivity index (χ0n) is 9.57. The zero-order chi connectivity index (χ0) is 13.1. The number of thiophene rings is 1. The lowest BCUT2D eigenvalue weighted by atomic mass is 10.2. The summed E-state index contributed by atoms with van der Waals surface area (Å²) in [5, 5.41) is 0. The SMILES string of the molecule is Cc1ccc(SCC(=O)c2cc(Cl)sc2Cl)cc1. The van der Waals surface area contributed by atoms with E-state index in [1.807, 2.05) is 31.2 Å². The molecule has 0 spiro atoms. The molecule has 18 heavy (non-hydrogen) atoms. The van der Waals surface area contributed by atoms with Gasteiger partial charge in [0.1, 0.15) is 4.34 Å². The molecule has 0 aliphatic carbocycles. The molecule has 1 aromatic heterocycles. The number of rotatable bonds is 4. The Balaban J connectivity index is 2.00. The number of hydrogen-bond acceptors (Lipinski definition) is 3. The fourth-order valence-corrected chi connectivity index (χ4v) is 3.67. The van der Waals surface area contributed by atoms with E-state index >= 15 is 0 Å². The van der Waals surface area contributed by atoms with Gasteiger partial charge in [0.15, 0.2) is 5.78 Å². The van der Waals surface area contributed by atoms with Crippen LogP contribution >= 0.6 is 46.3 Å². The van der Waals surface area contributed by atoms with Crippen LogP contribution in [0, 0.1) is 6.92 Å². The fourth-order valence-electron chi connectivity index (χ4n) is 1.39. The van der Waals surface area contributed by atoms with Crippen molar-refractivity contribution in [1.29, 1.82) is 0 Å². The van der Waals surface area contributed by atoms with Crippen molar-refractivity contribution in [2.75, 3.05) is 5.75 Å². The third-order valence-electron chi connectivity index (χ3n) is 2.35. The van der Waals surface area contributed by atoms with E-state index in [1.165, 1.54) is 28.7 Å². The maximum absolute atomic E-state index is 12.0. The first-order valence-electron chi connectivity index (χ1n) is 5.24. The Morgan fingerprint density at radius 2 is 1.94 bits per heavy atom. The molecule has 0 radical (unpaired) electrons. The summed E-state index contributed by atoms with van der Waals surface area (Å²) in [6, 6.07) is 9.71. The van der Waals surface area contributed by atoms with E-state index in [4.69, 9.17) is 23.2 Å². The van der Waals surface area contributed by atoms with Crippen molar-refractivity contribution in [3.05, 3.63) is 50.1 Å².